The first kappa shape index (κ1) is 19.2. The number of carbonyl (C=O) groups excluding carboxylic acids is 2. The average Bonchev–Trinajstić information content (AvgIpc) is 2.72. The summed E-state index contributed by atoms with van der Waals surface area (Å²) in [5.41, 5.74) is 0. The molecule has 1 N–H and O–H groups in total. The van der Waals surface area contributed by atoms with Crippen LogP contribution in [-0.4, -0.2) is 60.5 Å². The minimum Gasteiger partial charge on any atom is -0.479 e. The summed E-state index contributed by atoms with van der Waals surface area (Å²) in [5, 5.41) is 2.31. The van der Waals surface area contributed by atoms with Crippen LogP contribution in [0, 0.1) is 5.92 Å². The molecule has 0 spiro atoms. The molecule has 152 valence electrons. The van der Waals surface area contributed by atoms with Crippen molar-refractivity contribution in [2.45, 2.75) is 51.0 Å². The summed E-state index contributed by atoms with van der Waals surface area (Å²) in [5.74, 6) is 1.73. The van der Waals surface area contributed by atoms with Crippen LogP contribution in [0.5, 0.6) is 5.75 Å². The summed E-state index contributed by atoms with van der Waals surface area (Å²) in [6.45, 7) is 5.88. The van der Waals surface area contributed by atoms with Gasteiger partial charge in [0.05, 0.1) is 6.20 Å². The van der Waals surface area contributed by atoms with Gasteiger partial charge in [0, 0.05) is 32.5 Å². The molecule has 4 rings (SSSR count). The molecule has 0 aliphatic carbocycles. The number of rotatable bonds is 5. The molecule has 2 amide bonds. The minimum atomic E-state index is -0.615. The monoisotopic (exact) mass is 386 g/mol. The highest BCUT2D eigenvalue weighted by molar-refractivity contribution is 5.99. The molecule has 3 aliphatic rings. The molecule has 3 saturated heterocycles. The quantitative estimate of drug-likeness (QED) is 0.780. The number of ether oxygens (including phenoxy) is 1. The number of carbonyl (C=O) groups is 2. The molecule has 4 heterocycles. The normalized spacial score (nSPS) is 24.9. The van der Waals surface area contributed by atoms with E-state index in [0.29, 0.717) is 18.6 Å². The summed E-state index contributed by atoms with van der Waals surface area (Å²) in [4.78, 5) is 32.5. The molecule has 3 fully saturated rings. The molecule has 7 nitrogen and oxygen atoms in total. The van der Waals surface area contributed by atoms with Crippen LogP contribution < -0.4 is 15.0 Å². The largest absolute Gasteiger partial charge is 0.479 e. The molecule has 7 heteroatoms. The highest BCUT2D eigenvalue weighted by Gasteiger charge is 2.28. The SMILES string of the molecule is O=C1CCC(Oc2ccc(N3CCC(CN4CCCCC4)CC3)nc2)C(=O)N1. The Morgan fingerprint density at radius 3 is 2.50 bits per heavy atom. The van der Waals surface area contributed by atoms with E-state index < -0.39 is 6.10 Å². The van der Waals surface area contributed by atoms with E-state index in [4.69, 9.17) is 4.74 Å². The Balaban J connectivity index is 1.25. The summed E-state index contributed by atoms with van der Waals surface area (Å²) in [6, 6.07) is 3.83. The van der Waals surface area contributed by atoms with Gasteiger partial charge in [-0.25, -0.2) is 4.98 Å². The Bertz CT molecular complexity index is 679. The number of pyridine rings is 1. The smallest absolute Gasteiger partial charge is 0.267 e. The number of nitrogens with zero attached hydrogens (tertiary/aromatic N) is 3. The van der Waals surface area contributed by atoms with Crippen LogP contribution in [0.15, 0.2) is 18.3 Å². The molecule has 0 saturated carbocycles. The van der Waals surface area contributed by atoms with Gasteiger partial charge >= 0.3 is 0 Å². The Morgan fingerprint density at radius 2 is 1.82 bits per heavy atom. The number of piperidine rings is 3. The lowest BCUT2D eigenvalue weighted by Gasteiger charge is -2.36. The van der Waals surface area contributed by atoms with Crippen LogP contribution in [0.25, 0.3) is 0 Å². The maximum atomic E-state index is 11.8. The molecule has 1 unspecified atom stereocenters. The molecule has 3 aliphatic heterocycles. The van der Waals surface area contributed by atoms with Crippen LogP contribution in [-0.2, 0) is 9.59 Å². The Hall–Kier alpha value is -2.15. The number of amides is 2. The standard InChI is InChI=1S/C21H30N4O3/c26-20-7-5-18(21(27)23-20)28-17-4-6-19(22-14-17)25-12-8-16(9-13-25)15-24-10-2-1-3-11-24/h4,6,14,16,18H,1-3,5,7-13,15H2,(H,23,26,27). The number of likely N-dealkylation sites (tertiary alicyclic amines) is 1. The lowest BCUT2D eigenvalue weighted by atomic mass is 9.95. The fourth-order valence-electron chi connectivity index (χ4n) is 4.43. The van der Waals surface area contributed by atoms with Gasteiger partial charge in [0.1, 0.15) is 11.6 Å². The van der Waals surface area contributed by atoms with Gasteiger partial charge in [-0.05, 0) is 56.8 Å². The average molecular weight is 386 g/mol. The van der Waals surface area contributed by atoms with Crippen molar-refractivity contribution in [3.8, 4) is 5.75 Å². The van der Waals surface area contributed by atoms with Gasteiger partial charge in [-0.2, -0.15) is 0 Å². The first-order valence-corrected chi connectivity index (χ1v) is 10.6. The molecule has 28 heavy (non-hydrogen) atoms. The van der Waals surface area contributed by atoms with Crippen molar-refractivity contribution in [1.29, 1.82) is 0 Å². The van der Waals surface area contributed by atoms with Crippen LogP contribution in [0.4, 0.5) is 5.82 Å². The van der Waals surface area contributed by atoms with E-state index in [2.05, 4.69) is 20.1 Å². The second-order valence-electron chi connectivity index (χ2n) is 8.20. The predicted octanol–water partition coefficient (Wildman–Crippen LogP) is 1.97. The second kappa shape index (κ2) is 8.90. The second-order valence-corrected chi connectivity index (χ2v) is 8.20. The van der Waals surface area contributed by atoms with Crippen molar-refractivity contribution < 1.29 is 14.3 Å². The lowest BCUT2D eigenvalue weighted by molar-refractivity contribution is -0.138. The molecular weight excluding hydrogens is 356 g/mol. The summed E-state index contributed by atoms with van der Waals surface area (Å²) in [6.07, 6.45) is 8.33. The highest BCUT2D eigenvalue weighted by atomic mass is 16.5. The number of hydrogen-bond acceptors (Lipinski definition) is 6. The molecule has 0 radical (unpaired) electrons. The van der Waals surface area contributed by atoms with Gasteiger partial charge in [-0.15, -0.1) is 0 Å². The number of hydrogen-bond donors (Lipinski definition) is 1. The first-order valence-electron chi connectivity index (χ1n) is 10.6. The third-order valence-electron chi connectivity index (χ3n) is 6.09. The fourth-order valence-corrected chi connectivity index (χ4v) is 4.43. The van der Waals surface area contributed by atoms with E-state index in [-0.39, 0.29) is 11.8 Å². The summed E-state index contributed by atoms with van der Waals surface area (Å²) in [7, 11) is 0. The predicted molar refractivity (Wildman–Crippen MR) is 106 cm³/mol. The number of imide groups is 1. The molecule has 1 aromatic heterocycles. The summed E-state index contributed by atoms with van der Waals surface area (Å²) >= 11 is 0. The Kier molecular flexibility index (Phi) is 6.10. The minimum absolute atomic E-state index is 0.234. The van der Waals surface area contributed by atoms with E-state index in [0.717, 1.165) is 24.8 Å². The van der Waals surface area contributed by atoms with Crippen molar-refractivity contribution in [3.05, 3.63) is 18.3 Å². The van der Waals surface area contributed by atoms with Crippen molar-refractivity contribution in [2.24, 2.45) is 5.92 Å². The van der Waals surface area contributed by atoms with Crippen LogP contribution in [0.2, 0.25) is 0 Å². The van der Waals surface area contributed by atoms with Crippen LogP contribution >= 0.6 is 0 Å². The molecule has 1 aromatic rings. The Labute approximate surface area is 166 Å². The van der Waals surface area contributed by atoms with Gasteiger partial charge in [0.2, 0.25) is 5.91 Å². The van der Waals surface area contributed by atoms with Crippen molar-refractivity contribution in [3.63, 3.8) is 0 Å². The lowest BCUT2D eigenvalue weighted by Crippen LogP contribution is -2.46. The van der Waals surface area contributed by atoms with Crippen LogP contribution in [0.1, 0.15) is 44.9 Å². The zero-order valence-corrected chi connectivity index (χ0v) is 16.4. The summed E-state index contributed by atoms with van der Waals surface area (Å²) < 4.78 is 5.71. The molecule has 0 bridgehead atoms. The van der Waals surface area contributed by atoms with Crippen molar-refractivity contribution >= 4 is 17.6 Å². The maximum absolute atomic E-state index is 11.8. The van der Waals surface area contributed by atoms with E-state index in [1.807, 2.05) is 12.1 Å². The third-order valence-corrected chi connectivity index (χ3v) is 6.09. The topological polar surface area (TPSA) is 74.8 Å². The number of nitrogens with one attached hydrogen (secondary N) is 1. The third kappa shape index (κ3) is 4.82. The van der Waals surface area contributed by atoms with Crippen molar-refractivity contribution in [1.82, 2.24) is 15.2 Å². The zero-order chi connectivity index (χ0) is 19.3. The van der Waals surface area contributed by atoms with Gasteiger partial charge in [-0.1, -0.05) is 6.42 Å². The fraction of sp³-hybridized carbons (Fsp3) is 0.667. The van der Waals surface area contributed by atoms with Crippen LogP contribution in [0.3, 0.4) is 0 Å². The number of anilines is 1. The zero-order valence-electron chi connectivity index (χ0n) is 16.4. The van der Waals surface area contributed by atoms with Gasteiger partial charge in [0.25, 0.3) is 5.91 Å². The molecule has 0 aromatic carbocycles. The highest BCUT2D eigenvalue weighted by Crippen LogP contribution is 2.25. The van der Waals surface area contributed by atoms with E-state index in [1.165, 1.54) is 51.7 Å². The first-order chi connectivity index (χ1) is 13.7. The molecule has 1 atom stereocenters. The van der Waals surface area contributed by atoms with E-state index >= 15 is 0 Å². The van der Waals surface area contributed by atoms with Crippen molar-refractivity contribution in [2.75, 3.05) is 37.6 Å². The maximum Gasteiger partial charge on any atom is 0.267 e. The van der Waals surface area contributed by atoms with Gasteiger partial charge in [-0.3, -0.25) is 14.9 Å². The van der Waals surface area contributed by atoms with Gasteiger partial charge in [0.15, 0.2) is 6.10 Å². The molecular formula is C21H30N4O3. The van der Waals surface area contributed by atoms with Gasteiger partial charge < -0.3 is 14.5 Å². The number of aromatic nitrogens is 1. The van der Waals surface area contributed by atoms with E-state index in [1.54, 1.807) is 6.20 Å². The Morgan fingerprint density at radius 1 is 1.04 bits per heavy atom. The van der Waals surface area contributed by atoms with E-state index in [9.17, 15) is 9.59 Å².